The molecule has 0 aliphatic heterocycles. The van der Waals surface area contributed by atoms with E-state index >= 15 is 0 Å². The number of benzene rings is 1. The third-order valence-electron chi connectivity index (χ3n) is 3.62. The summed E-state index contributed by atoms with van der Waals surface area (Å²) in [5.41, 5.74) is 1.47. The maximum atomic E-state index is 3.89. The van der Waals surface area contributed by atoms with Gasteiger partial charge in [-0.1, -0.05) is 57.5 Å². The summed E-state index contributed by atoms with van der Waals surface area (Å²) >= 11 is 0. The molecule has 1 atom stereocenters. The normalized spacial score (nSPS) is 12.8. The van der Waals surface area contributed by atoms with Crippen molar-refractivity contribution in [3.8, 4) is 0 Å². The van der Waals surface area contributed by atoms with Crippen LogP contribution in [0.25, 0.3) is 0 Å². The van der Waals surface area contributed by atoms with Gasteiger partial charge in [0.2, 0.25) is 0 Å². The molecule has 0 saturated carbocycles. The van der Waals surface area contributed by atoms with Gasteiger partial charge in [0.1, 0.15) is 0 Å². The number of aryl methyl sites for hydroxylation is 1. The van der Waals surface area contributed by atoms with Crippen molar-refractivity contribution in [2.24, 2.45) is 11.8 Å². The van der Waals surface area contributed by atoms with E-state index in [9.17, 15) is 0 Å². The average molecular weight is 260 g/mol. The van der Waals surface area contributed by atoms with Gasteiger partial charge in [-0.05, 0) is 56.2 Å². The maximum absolute atomic E-state index is 3.89. The quantitative estimate of drug-likeness (QED) is 0.611. The summed E-state index contributed by atoms with van der Waals surface area (Å²) in [7, 11) is 0. The molecular formula is C18H30N. The van der Waals surface area contributed by atoms with Gasteiger partial charge in [-0.2, -0.15) is 0 Å². The second-order valence-electron chi connectivity index (χ2n) is 5.92. The van der Waals surface area contributed by atoms with Crippen molar-refractivity contribution < 1.29 is 0 Å². The van der Waals surface area contributed by atoms with Crippen LogP contribution in [0.5, 0.6) is 0 Å². The predicted molar refractivity (Wildman–Crippen MR) is 85.2 cm³/mol. The van der Waals surface area contributed by atoms with Crippen LogP contribution in [0.1, 0.15) is 45.1 Å². The maximum Gasteiger partial charge on any atom is -0.00204 e. The van der Waals surface area contributed by atoms with E-state index in [0.29, 0.717) is 0 Å². The van der Waals surface area contributed by atoms with Crippen LogP contribution in [-0.4, -0.2) is 13.1 Å². The first-order valence-corrected chi connectivity index (χ1v) is 7.76. The monoisotopic (exact) mass is 260 g/mol. The van der Waals surface area contributed by atoms with E-state index in [1.54, 1.807) is 0 Å². The van der Waals surface area contributed by atoms with Crippen LogP contribution in [-0.2, 0) is 6.42 Å². The fourth-order valence-electron chi connectivity index (χ4n) is 2.36. The zero-order valence-corrected chi connectivity index (χ0v) is 12.7. The summed E-state index contributed by atoms with van der Waals surface area (Å²) in [6.45, 7) is 10.7. The topological polar surface area (TPSA) is 12.0 Å². The average Bonchev–Trinajstić information content (AvgIpc) is 2.42. The lowest BCUT2D eigenvalue weighted by Crippen LogP contribution is -2.24. The van der Waals surface area contributed by atoms with Gasteiger partial charge in [0.05, 0.1) is 0 Å². The van der Waals surface area contributed by atoms with Crippen LogP contribution in [0.4, 0.5) is 0 Å². The lowest BCUT2D eigenvalue weighted by molar-refractivity contribution is 0.381. The van der Waals surface area contributed by atoms with E-state index in [0.717, 1.165) is 31.3 Å². The molecule has 0 aliphatic carbocycles. The molecule has 0 aliphatic rings. The van der Waals surface area contributed by atoms with Crippen molar-refractivity contribution in [1.82, 2.24) is 5.32 Å². The molecule has 0 bridgehead atoms. The van der Waals surface area contributed by atoms with Crippen LogP contribution in [0.2, 0.25) is 0 Å². The minimum absolute atomic E-state index is 0.800. The smallest absolute Gasteiger partial charge is 0.00204 e. The van der Waals surface area contributed by atoms with Crippen LogP contribution < -0.4 is 5.32 Å². The summed E-state index contributed by atoms with van der Waals surface area (Å²) in [5.74, 6) is 1.61. The highest BCUT2D eigenvalue weighted by Crippen LogP contribution is 2.17. The van der Waals surface area contributed by atoms with Crippen LogP contribution in [0.3, 0.4) is 0 Å². The minimum Gasteiger partial charge on any atom is -0.316 e. The van der Waals surface area contributed by atoms with Crippen LogP contribution in [0.15, 0.2) is 30.3 Å². The van der Waals surface area contributed by atoms with Crippen molar-refractivity contribution in [2.75, 3.05) is 13.1 Å². The molecule has 107 valence electrons. The van der Waals surface area contributed by atoms with Crippen molar-refractivity contribution in [1.29, 1.82) is 0 Å². The molecule has 19 heavy (non-hydrogen) atoms. The van der Waals surface area contributed by atoms with Crippen LogP contribution in [0, 0.1) is 18.8 Å². The predicted octanol–water partition coefficient (Wildman–Crippen LogP) is 4.49. The second-order valence-corrected chi connectivity index (χ2v) is 5.92. The Kier molecular flexibility index (Phi) is 8.57. The largest absolute Gasteiger partial charge is 0.316 e. The number of hydrogen-bond donors (Lipinski definition) is 1. The van der Waals surface area contributed by atoms with Gasteiger partial charge >= 0.3 is 0 Å². The Morgan fingerprint density at radius 2 is 1.79 bits per heavy atom. The molecule has 1 heteroatoms. The zero-order chi connectivity index (χ0) is 13.9. The van der Waals surface area contributed by atoms with E-state index in [4.69, 9.17) is 0 Å². The SMILES string of the molecule is [CH2]CCNCC(CCc1ccccc1)CCC(C)C. The van der Waals surface area contributed by atoms with Crippen molar-refractivity contribution in [3.63, 3.8) is 0 Å². The third kappa shape index (κ3) is 8.05. The van der Waals surface area contributed by atoms with Gasteiger partial charge in [0, 0.05) is 0 Å². The molecule has 1 rings (SSSR count). The molecule has 1 unspecified atom stereocenters. The van der Waals surface area contributed by atoms with E-state index in [-0.39, 0.29) is 0 Å². The molecular weight excluding hydrogens is 230 g/mol. The second kappa shape index (κ2) is 10.0. The lowest BCUT2D eigenvalue weighted by Gasteiger charge is -2.18. The molecule has 1 aromatic rings. The van der Waals surface area contributed by atoms with E-state index < -0.39 is 0 Å². The van der Waals surface area contributed by atoms with E-state index in [1.807, 2.05) is 0 Å². The molecule has 1 aromatic carbocycles. The Bertz CT molecular complexity index is 305. The standard InChI is InChI=1S/C18H30N/c1-4-14-19-15-18(11-10-16(2)3)13-12-17-8-6-5-7-9-17/h5-9,16,18-19H,1,4,10-15H2,2-3H3. The number of hydrogen-bond acceptors (Lipinski definition) is 1. The molecule has 0 aromatic heterocycles. The zero-order valence-electron chi connectivity index (χ0n) is 12.7. The molecule has 0 heterocycles. The van der Waals surface area contributed by atoms with Crippen LogP contribution >= 0.6 is 0 Å². The van der Waals surface area contributed by atoms with Gasteiger partial charge < -0.3 is 5.32 Å². The Hall–Kier alpha value is -0.820. The Morgan fingerprint density at radius 3 is 2.42 bits per heavy atom. The first kappa shape index (κ1) is 16.2. The Balaban J connectivity index is 2.34. The summed E-state index contributed by atoms with van der Waals surface area (Å²) in [4.78, 5) is 0. The van der Waals surface area contributed by atoms with Crippen molar-refractivity contribution in [2.45, 2.75) is 46.0 Å². The van der Waals surface area contributed by atoms with Gasteiger partial charge in [0.15, 0.2) is 0 Å². The molecule has 1 nitrogen and oxygen atoms in total. The van der Waals surface area contributed by atoms with Gasteiger partial charge in [-0.15, -0.1) is 0 Å². The fraction of sp³-hybridized carbons (Fsp3) is 0.611. The minimum atomic E-state index is 0.800. The van der Waals surface area contributed by atoms with E-state index in [2.05, 4.69) is 56.4 Å². The van der Waals surface area contributed by atoms with Gasteiger partial charge in [-0.3, -0.25) is 0 Å². The highest BCUT2D eigenvalue weighted by molar-refractivity contribution is 5.14. The fourth-order valence-corrected chi connectivity index (χ4v) is 2.36. The highest BCUT2D eigenvalue weighted by Gasteiger charge is 2.09. The molecule has 1 radical (unpaired) electrons. The Labute approximate surface area is 119 Å². The van der Waals surface area contributed by atoms with E-state index in [1.165, 1.54) is 31.2 Å². The van der Waals surface area contributed by atoms with Crippen molar-refractivity contribution in [3.05, 3.63) is 42.8 Å². The summed E-state index contributed by atoms with van der Waals surface area (Å²) in [6.07, 6.45) is 6.16. The first-order valence-electron chi connectivity index (χ1n) is 7.76. The molecule has 0 fully saturated rings. The molecule has 0 amide bonds. The molecule has 1 N–H and O–H groups in total. The molecule has 0 saturated heterocycles. The number of nitrogens with one attached hydrogen (secondary N) is 1. The number of rotatable bonds is 10. The van der Waals surface area contributed by atoms with Crippen molar-refractivity contribution >= 4 is 0 Å². The summed E-state index contributed by atoms with van der Waals surface area (Å²) in [6, 6.07) is 10.8. The molecule has 0 spiro atoms. The summed E-state index contributed by atoms with van der Waals surface area (Å²) in [5, 5.41) is 3.53. The first-order chi connectivity index (χ1) is 9.22. The summed E-state index contributed by atoms with van der Waals surface area (Å²) < 4.78 is 0. The van der Waals surface area contributed by atoms with Gasteiger partial charge in [-0.25, -0.2) is 0 Å². The Morgan fingerprint density at radius 1 is 1.05 bits per heavy atom. The third-order valence-corrected chi connectivity index (χ3v) is 3.62. The lowest BCUT2D eigenvalue weighted by atomic mass is 9.92. The highest BCUT2D eigenvalue weighted by atomic mass is 14.8. The van der Waals surface area contributed by atoms with Gasteiger partial charge in [0.25, 0.3) is 0 Å².